The number of phenolic OH excluding ortho intramolecular Hbond substituents is 1. The van der Waals surface area contributed by atoms with Crippen LogP contribution in [0.4, 0.5) is 0 Å². The van der Waals surface area contributed by atoms with Crippen molar-refractivity contribution in [3.05, 3.63) is 46.6 Å². The summed E-state index contributed by atoms with van der Waals surface area (Å²) >= 11 is 6.33. The van der Waals surface area contributed by atoms with Gasteiger partial charge in [0.2, 0.25) is 0 Å². The number of carboxylic acid groups (broad SMARTS) is 1. The number of aliphatic carboxylic acids is 1. The fraction of sp³-hybridized carbons (Fsp3) is 0.133. The largest absolute Gasteiger partial charge is 1.00 e. The molecule has 2 aromatic rings. The average Bonchev–Trinajstić information content (AvgIpc) is 2.46. The zero-order valence-electron chi connectivity index (χ0n) is 12.6. The monoisotopic (exact) mass is 674 g/mol. The molecule has 2 aromatic carbocycles. The number of hydrogen-bond donors (Lipinski definition) is 3. The maximum Gasteiger partial charge on any atom is 1.00 e. The maximum absolute atomic E-state index is 10.9. The van der Waals surface area contributed by atoms with Gasteiger partial charge in [-0.25, -0.2) is 0 Å². The number of rotatable bonds is 5. The first-order valence-electron chi connectivity index (χ1n) is 6.40. The third-order valence-electron chi connectivity index (χ3n) is 2.97. The summed E-state index contributed by atoms with van der Waals surface area (Å²) in [4.78, 5) is 10.9. The van der Waals surface area contributed by atoms with E-state index in [1.165, 1.54) is 0 Å². The van der Waals surface area contributed by atoms with Crippen molar-refractivity contribution in [1.29, 1.82) is 0 Å². The van der Waals surface area contributed by atoms with E-state index in [-0.39, 0.29) is 41.7 Å². The van der Waals surface area contributed by atoms with E-state index in [0.717, 1.165) is 12.7 Å². The molecule has 0 aromatic heterocycles. The molecule has 5 nitrogen and oxygen atoms in total. The van der Waals surface area contributed by atoms with Crippen LogP contribution in [0.2, 0.25) is 0 Å². The predicted octanol–water partition coefficient (Wildman–Crippen LogP) is 0.957. The number of carboxylic acids is 1. The van der Waals surface area contributed by atoms with Crippen molar-refractivity contribution in [1.82, 2.24) is 0 Å². The molecule has 0 fully saturated rings. The molecule has 4 N–H and O–H groups in total. The Labute approximate surface area is 202 Å². The van der Waals surface area contributed by atoms with Gasteiger partial charge in [0.15, 0.2) is 5.75 Å². The molecular formula is C15H12I3NNaO4+. The van der Waals surface area contributed by atoms with E-state index >= 15 is 0 Å². The second kappa shape index (κ2) is 10.1. The van der Waals surface area contributed by atoms with Crippen LogP contribution in [0, 0.1) is 10.7 Å². The molecule has 0 unspecified atom stereocenters. The quantitative estimate of drug-likeness (QED) is 0.325. The van der Waals surface area contributed by atoms with Gasteiger partial charge in [-0.15, -0.1) is 0 Å². The maximum atomic E-state index is 10.9. The molecule has 0 aliphatic heterocycles. The molecule has 0 saturated heterocycles. The van der Waals surface area contributed by atoms with Crippen LogP contribution < -0.4 is 40.0 Å². The fourth-order valence-corrected chi connectivity index (χ4v) is 4.44. The first-order valence-corrected chi connectivity index (χ1v) is 9.64. The zero-order chi connectivity index (χ0) is 17.1. The summed E-state index contributed by atoms with van der Waals surface area (Å²) in [5.74, 6) is 0.507. The van der Waals surface area contributed by atoms with Crippen LogP contribution in [0.15, 0.2) is 30.3 Å². The van der Waals surface area contributed by atoms with E-state index in [1.807, 2.05) is 34.7 Å². The molecule has 0 saturated carbocycles. The van der Waals surface area contributed by atoms with Gasteiger partial charge in [-0.2, -0.15) is 0 Å². The van der Waals surface area contributed by atoms with Crippen LogP contribution in [0.5, 0.6) is 17.2 Å². The van der Waals surface area contributed by atoms with E-state index in [9.17, 15) is 9.90 Å². The number of nitrogens with two attached hydrogens (primary N) is 1. The van der Waals surface area contributed by atoms with Crippen molar-refractivity contribution >= 4 is 73.7 Å². The minimum absolute atomic E-state index is 0. The van der Waals surface area contributed by atoms with Crippen LogP contribution in [0.1, 0.15) is 5.56 Å². The van der Waals surface area contributed by atoms with Crippen molar-refractivity contribution < 1.29 is 49.3 Å². The van der Waals surface area contributed by atoms with Crippen molar-refractivity contribution in [3.63, 3.8) is 0 Å². The Bertz CT molecular complexity index is 734. The molecule has 2 rings (SSSR count). The molecule has 9 heteroatoms. The molecule has 0 amide bonds. The second-order valence-corrected chi connectivity index (χ2v) is 8.24. The summed E-state index contributed by atoms with van der Waals surface area (Å²) in [5, 5.41) is 18.5. The molecule has 0 aliphatic rings. The van der Waals surface area contributed by atoms with Gasteiger partial charge in [-0.3, -0.25) is 4.79 Å². The van der Waals surface area contributed by atoms with Crippen LogP contribution in [-0.4, -0.2) is 22.2 Å². The first kappa shape index (κ1) is 22.7. The number of benzene rings is 2. The second-order valence-electron chi connectivity index (χ2n) is 4.75. The Morgan fingerprint density at radius 2 is 1.71 bits per heavy atom. The van der Waals surface area contributed by atoms with E-state index in [2.05, 4.69) is 45.2 Å². The molecule has 24 heavy (non-hydrogen) atoms. The Morgan fingerprint density at radius 3 is 2.21 bits per heavy atom. The number of halogens is 3. The Morgan fingerprint density at radius 1 is 1.12 bits per heavy atom. The zero-order valence-corrected chi connectivity index (χ0v) is 21.1. The van der Waals surface area contributed by atoms with Crippen LogP contribution in [0.25, 0.3) is 0 Å². The van der Waals surface area contributed by atoms with E-state index < -0.39 is 12.0 Å². The summed E-state index contributed by atoms with van der Waals surface area (Å²) in [6, 6.07) is 7.83. The van der Waals surface area contributed by atoms with E-state index in [1.54, 1.807) is 18.2 Å². The average molecular weight is 674 g/mol. The van der Waals surface area contributed by atoms with Gasteiger partial charge >= 0.3 is 35.5 Å². The Balaban J connectivity index is 0.00000288. The van der Waals surface area contributed by atoms with Crippen molar-refractivity contribution in [2.75, 3.05) is 0 Å². The number of aromatic hydroxyl groups is 1. The molecular weight excluding hydrogens is 662 g/mol. The van der Waals surface area contributed by atoms with Crippen LogP contribution in [-0.2, 0) is 11.2 Å². The smallest absolute Gasteiger partial charge is 0.507 e. The molecule has 0 heterocycles. The summed E-state index contributed by atoms with van der Waals surface area (Å²) < 4.78 is 8.34. The predicted molar refractivity (Wildman–Crippen MR) is 112 cm³/mol. The number of ether oxygens (including phenoxy) is 1. The van der Waals surface area contributed by atoms with E-state index in [0.29, 0.717) is 15.1 Å². The SMILES string of the molecule is N[C@@H](Cc1cc(I)c(Oc2ccc(O)c(I)c2)c(I)c1)C(=O)O.[Na+]. The van der Waals surface area contributed by atoms with Gasteiger partial charge < -0.3 is 20.7 Å². The minimum atomic E-state index is -1.02. The van der Waals surface area contributed by atoms with E-state index in [4.69, 9.17) is 15.6 Å². The standard InChI is InChI=1S/C15H12I3NO4.Na/c16-9-6-8(1-2-13(9)20)23-14-10(17)3-7(4-11(14)18)5-12(19)15(21)22;/h1-4,6,12,20H,5,19H2,(H,21,22);/q;+1/t12-;/m0./s1. The minimum Gasteiger partial charge on any atom is -0.507 e. The third-order valence-corrected chi connectivity index (χ3v) is 5.44. The first-order chi connectivity index (χ1) is 10.8. The summed E-state index contributed by atoms with van der Waals surface area (Å²) in [6.45, 7) is 0. The van der Waals surface area contributed by atoms with Gasteiger partial charge in [-0.1, -0.05) is 0 Å². The van der Waals surface area contributed by atoms with Crippen molar-refractivity contribution in [2.24, 2.45) is 5.73 Å². The van der Waals surface area contributed by atoms with Crippen molar-refractivity contribution in [3.8, 4) is 17.2 Å². The summed E-state index contributed by atoms with van der Waals surface area (Å²) in [6.07, 6.45) is 0.263. The summed E-state index contributed by atoms with van der Waals surface area (Å²) in [5.41, 5.74) is 6.43. The Kier molecular flexibility index (Phi) is 9.57. The van der Waals surface area contributed by atoms with Crippen molar-refractivity contribution in [2.45, 2.75) is 12.5 Å². The summed E-state index contributed by atoms with van der Waals surface area (Å²) in [7, 11) is 0. The normalized spacial score (nSPS) is 11.5. The van der Waals surface area contributed by atoms with Gasteiger partial charge in [0, 0.05) is 0 Å². The van der Waals surface area contributed by atoms with Gasteiger partial charge in [0.25, 0.3) is 0 Å². The number of carbonyl (C=O) groups is 1. The molecule has 122 valence electrons. The van der Waals surface area contributed by atoms with Gasteiger partial charge in [0.05, 0.1) is 10.7 Å². The van der Waals surface area contributed by atoms with Gasteiger partial charge in [0.1, 0.15) is 17.5 Å². The Hall–Kier alpha value is 0.660. The third kappa shape index (κ3) is 6.13. The number of phenols is 1. The molecule has 1 atom stereocenters. The molecule has 0 aliphatic carbocycles. The molecule has 0 spiro atoms. The van der Waals surface area contributed by atoms with Gasteiger partial charge in [-0.05, 0) is 110 Å². The topological polar surface area (TPSA) is 92.8 Å². The van der Waals surface area contributed by atoms with Crippen LogP contribution >= 0.6 is 67.8 Å². The molecule has 0 bridgehead atoms. The van der Waals surface area contributed by atoms with Crippen LogP contribution in [0.3, 0.4) is 0 Å². The fourth-order valence-electron chi connectivity index (χ4n) is 1.84. The molecule has 0 radical (unpaired) electrons. The number of hydrogen-bond acceptors (Lipinski definition) is 4.